The number of benzene rings is 2. The number of thioether (sulfide) groups is 1. The van der Waals surface area contributed by atoms with Crippen molar-refractivity contribution in [1.82, 2.24) is 0 Å². The minimum atomic E-state index is -4.04. The predicted molar refractivity (Wildman–Crippen MR) is 99.5 cm³/mol. The Hall–Kier alpha value is -1.90. The molecular formula is C16H18ClN2O4S2+. The summed E-state index contributed by atoms with van der Waals surface area (Å²) in [7, 11) is -4.04. The zero-order chi connectivity index (χ0) is 18.4. The predicted octanol–water partition coefficient (Wildman–Crippen LogP) is 1.60. The largest absolute Gasteiger partial charge is 0.493 e. The number of halogens is 1. The lowest BCUT2D eigenvalue weighted by atomic mass is 10.2. The second-order valence-electron chi connectivity index (χ2n) is 5.05. The fourth-order valence-corrected chi connectivity index (χ4v) is 3.80. The minimum absolute atomic E-state index is 0.0917. The van der Waals surface area contributed by atoms with E-state index in [9.17, 15) is 8.42 Å². The topological polar surface area (TPSA) is 104 Å². The van der Waals surface area contributed by atoms with Crippen LogP contribution in [0.4, 0.5) is 0 Å². The Balaban J connectivity index is 2.14. The molecule has 0 unspecified atom stereocenters. The minimum Gasteiger partial charge on any atom is -0.493 e. The lowest BCUT2D eigenvalue weighted by molar-refractivity contribution is -0.110. The quantitative estimate of drug-likeness (QED) is 0.316. The van der Waals surface area contributed by atoms with Gasteiger partial charge in [0, 0.05) is 11.8 Å². The molecule has 0 heterocycles. The van der Waals surface area contributed by atoms with E-state index < -0.39 is 10.1 Å². The van der Waals surface area contributed by atoms with Gasteiger partial charge in [-0.05, 0) is 48.5 Å². The van der Waals surface area contributed by atoms with Crippen LogP contribution in [0.1, 0.15) is 5.56 Å². The molecule has 0 aliphatic rings. The molecule has 2 aromatic carbocycles. The van der Waals surface area contributed by atoms with Crippen molar-refractivity contribution in [2.24, 2.45) is 5.73 Å². The lowest BCUT2D eigenvalue weighted by Gasteiger charge is -2.11. The Morgan fingerprint density at radius 3 is 2.60 bits per heavy atom. The maximum Gasteiger partial charge on any atom is 0.340 e. The van der Waals surface area contributed by atoms with Gasteiger partial charge in [0.25, 0.3) is 5.17 Å². The third-order valence-corrected chi connectivity index (χ3v) is 5.41. The first-order chi connectivity index (χ1) is 11.8. The van der Waals surface area contributed by atoms with Crippen molar-refractivity contribution in [2.45, 2.75) is 11.8 Å². The van der Waals surface area contributed by atoms with Gasteiger partial charge in [0.1, 0.15) is 16.4 Å². The Bertz CT molecular complexity index is 872. The van der Waals surface area contributed by atoms with Crippen molar-refractivity contribution in [3.63, 3.8) is 0 Å². The van der Waals surface area contributed by atoms with Crippen LogP contribution in [0.3, 0.4) is 0 Å². The fraction of sp³-hybridized carbons (Fsp3) is 0.188. The summed E-state index contributed by atoms with van der Waals surface area (Å²) in [5.74, 6) is 1.21. The Kier molecular flexibility index (Phi) is 6.57. The first-order valence-corrected chi connectivity index (χ1v) is 9.99. The highest BCUT2D eigenvalue weighted by Gasteiger charge is 2.20. The van der Waals surface area contributed by atoms with Crippen LogP contribution in [0, 0.1) is 6.92 Å². The van der Waals surface area contributed by atoms with Gasteiger partial charge in [0.2, 0.25) is 0 Å². The molecule has 0 aliphatic carbocycles. The van der Waals surface area contributed by atoms with Gasteiger partial charge in [-0.3, -0.25) is 11.1 Å². The molecule has 0 atom stereocenters. The average molecular weight is 402 g/mol. The number of aryl methyl sites for hydroxylation is 1. The number of hydrogen-bond acceptors (Lipinski definition) is 5. The standard InChI is InChI=1S/C16H17ClN2O4S2/c1-11-8-12(22-6-7-24-16(18)19)10-13(9-11)23-25(20,21)15-5-3-2-4-14(15)17/h2-5,8-10H,6-7H2,1H3,(H3,18,19)/p+1. The van der Waals surface area contributed by atoms with Crippen LogP contribution in [0.2, 0.25) is 5.02 Å². The van der Waals surface area contributed by atoms with Crippen molar-refractivity contribution < 1.29 is 22.7 Å². The monoisotopic (exact) mass is 401 g/mol. The molecule has 0 fully saturated rings. The summed E-state index contributed by atoms with van der Waals surface area (Å²) < 4.78 is 35.6. The van der Waals surface area contributed by atoms with Crippen molar-refractivity contribution in [1.29, 1.82) is 0 Å². The molecule has 25 heavy (non-hydrogen) atoms. The zero-order valence-electron chi connectivity index (χ0n) is 13.4. The summed E-state index contributed by atoms with van der Waals surface area (Å²) in [4.78, 5) is -0.0917. The molecular weight excluding hydrogens is 384 g/mol. The van der Waals surface area contributed by atoms with Crippen LogP contribution in [-0.4, -0.2) is 25.9 Å². The average Bonchev–Trinajstić information content (AvgIpc) is 2.50. The van der Waals surface area contributed by atoms with E-state index in [0.717, 1.165) is 5.56 Å². The molecule has 0 aromatic heterocycles. The Labute approximate surface area is 155 Å². The summed E-state index contributed by atoms with van der Waals surface area (Å²) >= 11 is 7.21. The molecule has 2 rings (SSSR count). The first-order valence-electron chi connectivity index (χ1n) is 7.22. The summed E-state index contributed by atoms with van der Waals surface area (Å²) in [6.45, 7) is 2.17. The smallest absolute Gasteiger partial charge is 0.340 e. The van der Waals surface area contributed by atoms with E-state index in [2.05, 4.69) is 0 Å². The van der Waals surface area contributed by atoms with E-state index in [0.29, 0.717) is 18.1 Å². The Morgan fingerprint density at radius 1 is 1.24 bits per heavy atom. The number of hydrogen-bond donors (Lipinski definition) is 2. The summed E-state index contributed by atoms with van der Waals surface area (Å²) in [6.07, 6.45) is 0. The third kappa shape index (κ3) is 5.84. The molecule has 0 amide bonds. The summed E-state index contributed by atoms with van der Waals surface area (Å²) in [5, 5.41) is 5.72. The highest BCUT2D eigenvalue weighted by Crippen LogP contribution is 2.28. The van der Waals surface area contributed by atoms with Crippen molar-refractivity contribution >= 4 is 38.6 Å². The van der Waals surface area contributed by atoms with Gasteiger partial charge in [-0.1, -0.05) is 23.7 Å². The van der Waals surface area contributed by atoms with E-state index in [1.807, 2.05) is 6.92 Å². The molecule has 9 heteroatoms. The van der Waals surface area contributed by atoms with Gasteiger partial charge < -0.3 is 8.92 Å². The van der Waals surface area contributed by atoms with E-state index in [-0.39, 0.29) is 20.8 Å². The maximum atomic E-state index is 12.4. The third-order valence-electron chi connectivity index (χ3n) is 2.96. The summed E-state index contributed by atoms with van der Waals surface area (Å²) in [6, 6.07) is 11.0. The molecule has 0 aliphatic heterocycles. The van der Waals surface area contributed by atoms with Crippen LogP contribution in [0.25, 0.3) is 0 Å². The van der Waals surface area contributed by atoms with Crippen LogP contribution < -0.4 is 20.1 Å². The number of nitrogens with two attached hydrogens (primary N) is 2. The molecule has 2 aromatic rings. The molecule has 0 saturated heterocycles. The number of ether oxygens (including phenoxy) is 1. The van der Waals surface area contributed by atoms with E-state index in [1.54, 1.807) is 24.3 Å². The first kappa shape index (κ1) is 19.4. The molecule has 134 valence electrons. The van der Waals surface area contributed by atoms with Crippen molar-refractivity contribution in [2.75, 3.05) is 12.4 Å². The van der Waals surface area contributed by atoms with Crippen LogP contribution >= 0.6 is 23.4 Å². The van der Waals surface area contributed by atoms with Gasteiger partial charge >= 0.3 is 10.1 Å². The SMILES string of the molecule is Cc1cc(OCCSC(N)=[NH2+])cc(OS(=O)(=O)c2ccccc2Cl)c1. The van der Waals surface area contributed by atoms with Gasteiger partial charge in [0.05, 0.1) is 11.6 Å². The van der Waals surface area contributed by atoms with E-state index >= 15 is 0 Å². The van der Waals surface area contributed by atoms with Crippen molar-refractivity contribution in [3.8, 4) is 11.5 Å². The van der Waals surface area contributed by atoms with Crippen LogP contribution in [0.5, 0.6) is 11.5 Å². The van der Waals surface area contributed by atoms with E-state index in [4.69, 9.17) is 31.7 Å². The van der Waals surface area contributed by atoms with Gasteiger partial charge in [-0.25, -0.2) is 0 Å². The molecule has 0 radical (unpaired) electrons. The second-order valence-corrected chi connectivity index (χ2v) is 8.14. The van der Waals surface area contributed by atoms with Crippen LogP contribution in [-0.2, 0) is 10.1 Å². The molecule has 6 nitrogen and oxygen atoms in total. The molecule has 0 spiro atoms. The number of amidine groups is 1. The molecule has 0 bridgehead atoms. The highest BCUT2D eigenvalue weighted by atomic mass is 35.5. The van der Waals surface area contributed by atoms with Crippen LogP contribution in [0.15, 0.2) is 47.4 Å². The van der Waals surface area contributed by atoms with Crippen molar-refractivity contribution in [3.05, 3.63) is 53.1 Å². The van der Waals surface area contributed by atoms with Gasteiger partial charge in [-0.2, -0.15) is 8.42 Å². The van der Waals surface area contributed by atoms with Gasteiger partial charge in [-0.15, -0.1) is 0 Å². The number of rotatable bonds is 7. The van der Waals surface area contributed by atoms with Gasteiger partial charge in [0.15, 0.2) is 0 Å². The summed E-state index contributed by atoms with van der Waals surface area (Å²) in [5.41, 5.74) is 6.15. The normalized spacial score (nSPS) is 11.1. The Morgan fingerprint density at radius 2 is 1.92 bits per heavy atom. The second kappa shape index (κ2) is 8.46. The fourth-order valence-electron chi connectivity index (χ4n) is 1.98. The zero-order valence-corrected chi connectivity index (χ0v) is 15.8. The molecule has 4 N–H and O–H groups in total. The molecule has 0 saturated carbocycles. The maximum absolute atomic E-state index is 12.4. The van der Waals surface area contributed by atoms with E-state index in [1.165, 1.54) is 30.0 Å². The highest BCUT2D eigenvalue weighted by molar-refractivity contribution is 8.13. The lowest BCUT2D eigenvalue weighted by Crippen LogP contribution is -2.43.